The van der Waals surface area contributed by atoms with Gasteiger partial charge in [-0.1, -0.05) is 65.9 Å². The quantitative estimate of drug-likeness (QED) is 0.213. The van der Waals surface area contributed by atoms with E-state index >= 15 is 0 Å². The summed E-state index contributed by atoms with van der Waals surface area (Å²) in [5, 5.41) is 0. The second-order valence-corrected chi connectivity index (χ2v) is 5.58. The van der Waals surface area contributed by atoms with Gasteiger partial charge in [-0.3, -0.25) is 0 Å². The maximum absolute atomic E-state index is 5.93. The van der Waals surface area contributed by atoms with Gasteiger partial charge in [-0.05, 0) is 25.3 Å². The minimum Gasteiger partial charge on any atom is -0.346 e. The Kier molecular flexibility index (Phi) is 13.4. The van der Waals surface area contributed by atoms with Gasteiger partial charge >= 0.3 is 0 Å². The largest absolute Gasteiger partial charge is 0.346 e. The van der Waals surface area contributed by atoms with Crippen molar-refractivity contribution in [2.75, 3.05) is 13.2 Å². The van der Waals surface area contributed by atoms with Crippen LogP contribution in [0.2, 0.25) is 0 Å². The summed E-state index contributed by atoms with van der Waals surface area (Å²) < 4.78 is 11.9. The van der Waals surface area contributed by atoms with Crippen LogP contribution in [0, 0.1) is 0 Å². The molecule has 2 nitrogen and oxygen atoms in total. The molecule has 2 heteroatoms. The zero-order chi connectivity index (χ0) is 15.1. The van der Waals surface area contributed by atoms with E-state index in [4.69, 9.17) is 9.47 Å². The molecule has 0 bridgehead atoms. The zero-order valence-electron chi connectivity index (χ0n) is 14.1. The van der Waals surface area contributed by atoms with E-state index in [0.29, 0.717) is 0 Å². The highest BCUT2D eigenvalue weighted by atomic mass is 16.7. The summed E-state index contributed by atoms with van der Waals surface area (Å²) in [6.45, 7) is 11.9. The fourth-order valence-electron chi connectivity index (χ4n) is 2.28. The van der Waals surface area contributed by atoms with Crippen LogP contribution in [-0.4, -0.2) is 19.0 Å². The number of ether oxygens (including phenoxy) is 2. The van der Waals surface area contributed by atoms with Crippen LogP contribution in [0.15, 0.2) is 12.7 Å². The fraction of sp³-hybridized carbons (Fsp3) is 0.889. The third-order valence-corrected chi connectivity index (χ3v) is 3.54. The Hall–Kier alpha value is -0.340. The second-order valence-electron chi connectivity index (χ2n) is 5.58. The van der Waals surface area contributed by atoms with Crippen molar-refractivity contribution < 1.29 is 9.47 Å². The fourth-order valence-corrected chi connectivity index (χ4v) is 2.28. The van der Waals surface area contributed by atoms with Crippen LogP contribution >= 0.6 is 0 Å². The van der Waals surface area contributed by atoms with E-state index in [2.05, 4.69) is 27.4 Å². The summed E-state index contributed by atoms with van der Waals surface area (Å²) in [6.07, 6.45) is 14.0. The molecule has 0 aromatic rings. The van der Waals surface area contributed by atoms with Crippen molar-refractivity contribution in [2.24, 2.45) is 0 Å². The Morgan fingerprint density at radius 1 is 0.750 bits per heavy atom. The lowest BCUT2D eigenvalue weighted by atomic mass is 10.0. The maximum atomic E-state index is 5.93. The lowest BCUT2D eigenvalue weighted by Crippen LogP contribution is -2.34. The van der Waals surface area contributed by atoms with E-state index in [-0.39, 0.29) is 0 Å². The molecule has 0 fully saturated rings. The molecule has 0 rings (SSSR count). The third kappa shape index (κ3) is 9.55. The van der Waals surface area contributed by atoms with Gasteiger partial charge in [-0.15, -0.1) is 0 Å². The van der Waals surface area contributed by atoms with Crippen molar-refractivity contribution in [3.63, 3.8) is 0 Å². The molecule has 0 unspecified atom stereocenters. The molecule has 0 amide bonds. The third-order valence-electron chi connectivity index (χ3n) is 3.54. The van der Waals surface area contributed by atoms with Crippen LogP contribution in [0.25, 0.3) is 0 Å². The van der Waals surface area contributed by atoms with Crippen molar-refractivity contribution in [3.8, 4) is 0 Å². The SMILES string of the molecule is C=CC(CCCCCCCCC)(OCCC)OCCC. The molecule has 0 aromatic heterocycles. The number of rotatable bonds is 15. The van der Waals surface area contributed by atoms with Crippen molar-refractivity contribution in [2.45, 2.75) is 90.8 Å². The monoisotopic (exact) mass is 284 g/mol. The normalized spacial score (nSPS) is 11.8. The molecule has 0 spiro atoms. The molecular formula is C18H36O2. The van der Waals surface area contributed by atoms with Crippen molar-refractivity contribution in [1.82, 2.24) is 0 Å². The van der Waals surface area contributed by atoms with Gasteiger partial charge < -0.3 is 9.47 Å². The molecule has 0 aliphatic rings. The highest BCUT2D eigenvalue weighted by Crippen LogP contribution is 2.24. The van der Waals surface area contributed by atoms with Crippen LogP contribution in [-0.2, 0) is 9.47 Å². The van der Waals surface area contributed by atoms with Gasteiger partial charge in [0.25, 0.3) is 0 Å². The minimum atomic E-state index is -0.546. The Balaban J connectivity index is 3.97. The summed E-state index contributed by atoms with van der Waals surface area (Å²) in [5.74, 6) is -0.546. The average Bonchev–Trinajstić information content (AvgIpc) is 2.48. The van der Waals surface area contributed by atoms with E-state index in [1.807, 2.05) is 6.08 Å². The topological polar surface area (TPSA) is 18.5 Å². The Morgan fingerprint density at radius 2 is 1.25 bits per heavy atom. The molecule has 0 aliphatic heterocycles. The number of unbranched alkanes of at least 4 members (excludes halogenated alkanes) is 6. The van der Waals surface area contributed by atoms with Gasteiger partial charge in [-0.2, -0.15) is 0 Å². The lowest BCUT2D eigenvalue weighted by Gasteiger charge is -2.31. The molecule has 0 aromatic carbocycles. The van der Waals surface area contributed by atoms with Crippen LogP contribution in [0.1, 0.15) is 85.0 Å². The second kappa shape index (κ2) is 13.6. The van der Waals surface area contributed by atoms with Crippen molar-refractivity contribution in [1.29, 1.82) is 0 Å². The smallest absolute Gasteiger partial charge is 0.187 e. The molecule has 20 heavy (non-hydrogen) atoms. The molecule has 0 N–H and O–H groups in total. The lowest BCUT2D eigenvalue weighted by molar-refractivity contribution is -0.208. The summed E-state index contributed by atoms with van der Waals surface area (Å²) in [5.41, 5.74) is 0. The van der Waals surface area contributed by atoms with Gasteiger partial charge in [-0.25, -0.2) is 0 Å². The molecule has 0 atom stereocenters. The Labute approximate surface area is 126 Å². The predicted molar refractivity (Wildman–Crippen MR) is 88.0 cm³/mol. The number of hydrogen-bond donors (Lipinski definition) is 0. The minimum absolute atomic E-state index is 0.546. The van der Waals surface area contributed by atoms with E-state index in [1.54, 1.807) is 0 Å². The Bertz CT molecular complexity index is 205. The summed E-state index contributed by atoms with van der Waals surface area (Å²) in [7, 11) is 0. The van der Waals surface area contributed by atoms with E-state index in [0.717, 1.165) is 38.9 Å². The molecule has 120 valence electrons. The van der Waals surface area contributed by atoms with Gasteiger partial charge in [0.05, 0.1) is 13.2 Å². The van der Waals surface area contributed by atoms with Crippen molar-refractivity contribution in [3.05, 3.63) is 12.7 Å². The summed E-state index contributed by atoms with van der Waals surface area (Å²) in [4.78, 5) is 0. The first-order valence-electron chi connectivity index (χ1n) is 8.66. The standard InChI is InChI=1S/C18H36O2/c1-5-9-10-11-12-13-14-15-18(8-4,19-16-6-2)20-17-7-3/h8H,4-7,9-17H2,1-3H3. The zero-order valence-corrected chi connectivity index (χ0v) is 14.1. The summed E-state index contributed by atoms with van der Waals surface area (Å²) >= 11 is 0. The van der Waals surface area contributed by atoms with Gasteiger partial charge in [0.2, 0.25) is 0 Å². The molecule has 0 aliphatic carbocycles. The van der Waals surface area contributed by atoms with Crippen LogP contribution in [0.4, 0.5) is 0 Å². The highest BCUT2D eigenvalue weighted by molar-refractivity contribution is 4.89. The van der Waals surface area contributed by atoms with E-state index < -0.39 is 5.79 Å². The molecule has 0 heterocycles. The predicted octanol–water partition coefficient (Wildman–Crippen LogP) is 5.86. The van der Waals surface area contributed by atoms with Gasteiger partial charge in [0.1, 0.15) is 0 Å². The van der Waals surface area contributed by atoms with Crippen LogP contribution in [0.3, 0.4) is 0 Å². The first-order chi connectivity index (χ1) is 9.74. The van der Waals surface area contributed by atoms with E-state index in [1.165, 1.54) is 38.5 Å². The number of hydrogen-bond acceptors (Lipinski definition) is 2. The highest BCUT2D eigenvalue weighted by Gasteiger charge is 2.27. The van der Waals surface area contributed by atoms with Gasteiger partial charge in [0, 0.05) is 6.42 Å². The first kappa shape index (κ1) is 19.7. The van der Waals surface area contributed by atoms with Crippen molar-refractivity contribution >= 4 is 0 Å². The summed E-state index contributed by atoms with van der Waals surface area (Å²) in [6, 6.07) is 0. The van der Waals surface area contributed by atoms with Crippen LogP contribution < -0.4 is 0 Å². The average molecular weight is 284 g/mol. The molecule has 0 saturated heterocycles. The first-order valence-corrected chi connectivity index (χ1v) is 8.66. The molecule has 0 radical (unpaired) electrons. The maximum Gasteiger partial charge on any atom is 0.187 e. The molecule has 0 saturated carbocycles. The molecular weight excluding hydrogens is 248 g/mol. The van der Waals surface area contributed by atoms with E-state index in [9.17, 15) is 0 Å². The van der Waals surface area contributed by atoms with Gasteiger partial charge in [0.15, 0.2) is 5.79 Å². The van der Waals surface area contributed by atoms with Crippen LogP contribution in [0.5, 0.6) is 0 Å². The Morgan fingerprint density at radius 3 is 1.70 bits per heavy atom.